The molecule has 0 aliphatic carbocycles. The van der Waals surface area contributed by atoms with Gasteiger partial charge in [0.1, 0.15) is 0 Å². The van der Waals surface area contributed by atoms with Gasteiger partial charge >= 0.3 is 5.97 Å². The molecule has 1 atom stereocenters. The van der Waals surface area contributed by atoms with E-state index in [0.29, 0.717) is 5.56 Å². The lowest BCUT2D eigenvalue weighted by molar-refractivity contribution is -0.199. The van der Waals surface area contributed by atoms with Crippen molar-refractivity contribution in [1.29, 1.82) is 0 Å². The topological polar surface area (TPSA) is 49.8 Å². The fourth-order valence-corrected chi connectivity index (χ4v) is 1.97. The highest BCUT2D eigenvalue weighted by Crippen LogP contribution is 2.33. The molecule has 1 aromatic carbocycles. The maximum Gasteiger partial charge on any atom is 0.357 e. The number of halogens is 2. The van der Waals surface area contributed by atoms with Gasteiger partial charge in [-0.05, 0) is 12.1 Å². The molecule has 1 unspecified atom stereocenters. The third kappa shape index (κ3) is 3.27. The SMILES string of the molecule is O=C(ON1CCC(F)(F)C(CO)C1)c1ccccc1. The normalized spacial score (nSPS) is 23.0. The largest absolute Gasteiger partial charge is 0.396 e. The Morgan fingerprint density at radius 1 is 1.42 bits per heavy atom. The van der Waals surface area contributed by atoms with E-state index in [4.69, 9.17) is 9.94 Å². The molecule has 1 fully saturated rings. The quantitative estimate of drug-likeness (QED) is 0.909. The second-order valence-electron chi connectivity index (χ2n) is 4.52. The first-order chi connectivity index (χ1) is 9.03. The summed E-state index contributed by atoms with van der Waals surface area (Å²) in [7, 11) is 0. The van der Waals surface area contributed by atoms with Gasteiger partial charge in [-0.25, -0.2) is 13.6 Å². The van der Waals surface area contributed by atoms with Gasteiger partial charge in [-0.1, -0.05) is 18.2 Å². The summed E-state index contributed by atoms with van der Waals surface area (Å²) in [5.74, 6) is -4.70. The minimum atomic E-state index is -2.91. The van der Waals surface area contributed by atoms with Gasteiger partial charge in [-0.15, -0.1) is 5.06 Å². The first-order valence-electron chi connectivity index (χ1n) is 6.04. The monoisotopic (exact) mass is 271 g/mol. The number of aliphatic hydroxyl groups excluding tert-OH is 1. The van der Waals surface area contributed by atoms with E-state index >= 15 is 0 Å². The molecule has 1 saturated heterocycles. The number of piperidine rings is 1. The summed E-state index contributed by atoms with van der Waals surface area (Å²) in [6, 6.07) is 8.32. The van der Waals surface area contributed by atoms with Crippen molar-refractivity contribution in [2.24, 2.45) is 5.92 Å². The average molecular weight is 271 g/mol. The second-order valence-corrected chi connectivity index (χ2v) is 4.52. The molecule has 1 N–H and O–H groups in total. The lowest BCUT2D eigenvalue weighted by Crippen LogP contribution is -2.49. The van der Waals surface area contributed by atoms with Crippen LogP contribution >= 0.6 is 0 Å². The third-order valence-electron chi connectivity index (χ3n) is 3.16. The Balaban J connectivity index is 1.96. The van der Waals surface area contributed by atoms with Gasteiger partial charge in [0.2, 0.25) is 0 Å². The summed E-state index contributed by atoms with van der Waals surface area (Å²) in [6.07, 6.45) is -0.430. The van der Waals surface area contributed by atoms with Gasteiger partial charge in [0, 0.05) is 19.5 Å². The average Bonchev–Trinajstić information content (AvgIpc) is 2.41. The highest BCUT2D eigenvalue weighted by Gasteiger charge is 2.44. The number of aliphatic hydroxyl groups is 1. The van der Waals surface area contributed by atoms with Crippen molar-refractivity contribution in [3.05, 3.63) is 35.9 Å². The highest BCUT2D eigenvalue weighted by molar-refractivity contribution is 5.89. The molecule has 0 aromatic heterocycles. The van der Waals surface area contributed by atoms with Crippen molar-refractivity contribution in [1.82, 2.24) is 5.06 Å². The van der Waals surface area contributed by atoms with Gasteiger partial charge in [0.15, 0.2) is 0 Å². The molecule has 19 heavy (non-hydrogen) atoms. The van der Waals surface area contributed by atoms with Crippen molar-refractivity contribution in [3.8, 4) is 0 Å². The first kappa shape index (κ1) is 13.9. The summed E-state index contributed by atoms with van der Waals surface area (Å²) >= 11 is 0. The first-order valence-corrected chi connectivity index (χ1v) is 6.04. The van der Waals surface area contributed by atoms with E-state index in [-0.39, 0.29) is 13.1 Å². The van der Waals surface area contributed by atoms with Crippen LogP contribution in [0.25, 0.3) is 0 Å². The Hall–Kier alpha value is -1.53. The third-order valence-corrected chi connectivity index (χ3v) is 3.16. The minimum Gasteiger partial charge on any atom is -0.396 e. The minimum absolute atomic E-state index is 0.0396. The number of carbonyl (C=O) groups excluding carboxylic acids is 1. The Kier molecular flexibility index (Phi) is 4.11. The molecule has 1 aliphatic rings. The van der Waals surface area contributed by atoms with E-state index in [1.807, 2.05) is 0 Å². The van der Waals surface area contributed by atoms with E-state index in [0.717, 1.165) is 0 Å². The lowest BCUT2D eigenvalue weighted by atomic mass is 9.96. The van der Waals surface area contributed by atoms with Crippen LogP contribution in [-0.2, 0) is 4.84 Å². The predicted molar refractivity (Wildman–Crippen MR) is 63.6 cm³/mol. The number of nitrogens with zero attached hydrogens (tertiary/aromatic N) is 1. The maximum absolute atomic E-state index is 13.4. The molecule has 0 spiro atoms. The van der Waals surface area contributed by atoms with Crippen LogP contribution in [0.2, 0.25) is 0 Å². The molecule has 0 amide bonds. The van der Waals surface area contributed by atoms with Gasteiger partial charge in [0.25, 0.3) is 5.92 Å². The fourth-order valence-electron chi connectivity index (χ4n) is 1.97. The zero-order valence-corrected chi connectivity index (χ0v) is 10.3. The Morgan fingerprint density at radius 2 is 2.11 bits per heavy atom. The van der Waals surface area contributed by atoms with Gasteiger partial charge in [-0.2, -0.15) is 0 Å². The summed E-state index contributed by atoms with van der Waals surface area (Å²) in [5, 5.41) is 10.1. The van der Waals surface area contributed by atoms with Crippen molar-refractivity contribution in [3.63, 3.8) is 0 Å². The molecule has 0 radical (unpaired) electrons. The Bertz CT molecular complexity index is 439. The van der Waals surface area contributed by atoms with Crippen LogP contribution in [0.5, 0.6) is 0 Å². The van der Waals surface area contributed by atoms with Gasteiger partial charge in [-0.3, -0.25) is 0 Å². The number of hydrogen-bond donors (Lipinski definition) is 1. The van der Waals surface area contributed by atoms with Crippen LogP contribution in [0.1, 0.15) is 16.8 Å². The van der Waals surface area contributed by atoms with Crippen LogP contribution in [0.15, 0.2) is 30.3 Å². The summed E-state index contributed by atoms with van der Waals surface area (Å²) in [4.78, 5) is 16.8. The molecule has 1 aromatic rings. The molecule has 1 aliphatic heterocycles. The van der Waals surface area contributed by atoms with Crippen molar-refractivity contribution >= 4 is 5.97 Å². The second kappa shape index (κ2) is 5.63. The van der Waals surface area contributed by atoms with Crippen LogP contribution in [0.3, 0.4) is 0 Å². The predicted octanol–water partition coefficient (Wildman–Crippen LogP) is 1.71. The standard InChI is InChI=1S/C13H15F2NO3/c14-13(15)6-7-16(8-11(13)9-17)19-12(18)10-4-2-1-3-5-10/h1-5,11,17H,6-9H2. The van der Waals surface area contributed by atoms with Crippen molar-refractivity contribution in [2.45, 2.75) is 12.3 Å². The van der Waals surface area contributed by atoms with Crippen molar-refractivity contribution in [2.75, 3.05) is 19.7 Å². The number of hydrogen-bond acceptors (Lipinski definition) is 4. The summed E-state index contributed by atoms with van der Waals surface area (Å²) < 4.78 is 26.8. The van der Waals surface area contributed by atoms with Crippen LogP contribution in [0, 0.1) is 5.92 Å². The lowest BCUT2D eigenvalue weighted by Gasteiger charge is -2.35. The Labute approximate surface area is 109 Å². The zero-order valence-electron chi connectivity index (χ0n) is 10.3. The molecule has 2 rings (SSSR count). The molecule has 0 saturated carbocycles. The Morgan fingerprint density at radius 3 is 2.74 bits per heavy atom. The van der Waals surface area contributed by atoms with E-state index in [9.17, 15) is 13.6 Å². The smallest absolute Gasteiger partial charge is 0.357 e. The molecule has 104 valence electrons. The van der Waals surface area contributed by atoms with Gasteiger partial charge < -0.3 is 9.94 Å². The number of hydroxylamine groups is 2. The number of carbonyl (C=O) groups is 1. The maximum atomic E-state index is 13.4. The highest BCUT2D eigenvalue weighted by atomic mass is 19.3. The van der Waals surface area contributed by atoms with Crippen LogP contribution in [0.4, 0.5) is 8.78 Å². The van der Waals surface area contributed by atoms with E-state index in [1.165, 1.54) is 5.06 Å². The van der Waals surface area contributed by atoms with Gasteiger partial charge in [0.05, 0.1) is 18.1 Å². The molecular formula is C13H15F2NO3. The van der Waals surface area contributed by atoms with Crippen LogP contribution < -0.4 is 0 Å². The molecule has 4 nitrogen and oxygen atoms in total. The van der Waals surface area contributed by atoms with E-state index < -0.39 is 30.8 Å². The summed E-state index contributed by atoms with van der Waals surface area (Å²) in [6.45, 7) is -0.837. The van der Waals surface area contributed by atoms with E-state index in [2.05, 4.69) is 0 Å². The molecule has 6 heteroatoms. The van der Waals surface area contributed by atoms with Crippen LogP contribution in [-0.4, -0.2) is 41.8 Å². The number of alkyl halides is 2. The summed E-state index contributed by atoms with van der Waals surface area (Å²) in [5.41, 5.74) is 0.361. The zero-order chi connectivity index (χ0) is 13.9. The number of benzene rings is 1. The molecular weight excluding hydrogens is 256 g/mol. The fraction of sp³-hybridized carbons (Fsp3) is 0.462. The number of rotatable bonds is 3. The van der Waals surface area contributed by atoms with Crippen molar-refractivity contribution < 1.29 is 23.5 Å². The van der Waals surface area contributed by atoms with E-state index in [1.54, 1.807) is 30.3 Å². The molecule has 1 heterocycles. The molecule has 0 bridgehead atoms.